The van der Waals surface area contributed by atoms with Crippen LogP contribution in [0.1, 0.15) is 20.3 Å². The van der Waals surface area contributed by atoms with Gasteiger partial charge in [-0.2, -0.15) is 13.2 Å². The molecular formula is C11H19F3N2OS. The lowest BCUT2D eigenvalue weighted by molar-refractivity contribution is -0.0327. The Kier molecular flexibility index (Phi) is 5.62. The van der Waals surface area contributed by atoms with Crippen LogP contribution in [-0.2, 0) is 0 Å². The van der Waals surface area contributed by atoms with Crippen LogP contribution < -0.4 is 5.32 Å². The van der Waals surface area contributed by atoms with Gasteiger partial charge in [0.2, 0.25) is 0 Å². The predicted octanol–water partition coefficient (Wildman–Crippen LogP) is 2.93. The van der Waals surface area contributed by atoms with Gasteiger partial charge in [0.15, 0.2) is 0 Å². The van der Waals surface area contributed by atoms with Gasteiger partial charge in [-0.25, -0.2) is 4.79 Å². The third kappa shape index (κ3) is 5.84. The van der Waals surface area contributed by atoms with Crippen LogP contribution >= 0.6 is 11.8 Å². The first-order chi connectivity index (χ1) is 8.28. The first-order valence-electron chi connectivity index (χ1n) is 6.01. The van der Waals surface area contributed by atoms with E-state index in [1.807, 2.05) is 0 Å². The number of nitrogens with zero attached hydrogens (tertiary/aromatic N) is 1. The number of halogens is 3. The predicted molar refractivity (Wildman–Crippen MR) is 66.4 cm³/mol. The van der Waals surface area contributed by atoms with Crippen LogP contribution in [0.5, 0.6) is 0 Å². The van der Waals surface area contributed by atoms with Crippen molar-refractivity contribution in [1.82, 2.24) is 10.2 Å². The van der Waals surface area contributed by atoms with Crippen LogP contribution in [0.25, 0.3) is 0 Å². The smallest absolute Gasteiger partial charge is 0.337 e. The van der Waals surface area contributed by atoms with Crippen LogP contribution in [-0.4, -0.2) is 41.8 Å². The molecule has 18 heavy (non-hydrogen) atoms. The Morgan fingerprint density at radius 2 is 1.89 bits per heavy atom. The van der Waals surface area contributed by atoms with E-state index in [1.165, 1.54) is 0 Å². The average molecular weight is 284 g/mol. The molecule has 1 fully saturated rings. The summed E-state index contributed by atoms with van der Waals surface area (Å²) in [5, 5.41) is 2.53. The molecule has 0 aromatic rings. The Balaban J connectivity index is 2.24. The molecule has 1 rings (SSSR count). The van der Waals surface area contributed by atoms with Crippen molar-refractivity contribution in [2.75, 3.05) is 25.4 Å². The van der Waals surface area contributed by atoms with Gasteiger partial charge in [0.05, 0.1) is 0 Å². The normalized spacial score (nSPS) is 25.1. The van der Waals surface area contributed by atoms with E-state index in [1.54, 1.807) is 4.90 Å². The molecule has 0 aromatic heterocycles. The average Bonchev–Trinajstić information content (AvgIpc) is 2.21. The molecule has 1 N–H and O–H groups in total. The van der Waals surface area contributed by atoms with Gasteiger partial charge in [-0.3, -0.25) is 0 Å². The maximum absolute atomic E-state index is 11.9. The van der Waals surface area contributed by atoms with E-state index in [0.717, 1.165) is 6.42 Å². The van der Waals surface area contributed by atoms with Gasteiger partial charge >= 0.3 is 11.5 Å². The minimum absolute atomic E-state index is 0.0439. The summed E-state index contributed by atoms with van der Waals surface area (Å²) in [5.41, 5.74) is -4.22. The number of likely N-dealkylation sites (tertiary alicyclic amines) is 1. The number of carbonyl (C=O) groups excluding carboxylic acids is 1. The largest absolute Gasteiger partial charge is 0.441 e. The summed E-state index contributed by atoms with van der Waals surface area (Å²) in [5.74, 6) is 0.752. The van der Waals surface area contributed by atoms with Crippen molar-refractivity contribution in [3.05, 3.63) is 0 Å². The third-order valence-electron chi connectivity index (χ3n) is 2.80. The summed E-state index contributed by atoms with van der Waals surface area (Å²) < 4.78 is 35.6. The summed E-state index contributed by atoms with van der Waals surface area (Å²) in [4.78, 5) is 13.4. The van der Waals surface area contributed by atoms with Crippen LogP contribution in [0, 0.1) is 11.8 Å². The third-order valence-corrected chi connectivity index (χ3v) is 3.54. The first-order valence-corrected chi connectivity index (χ1v) is 7.00. The first kappa shape index (κ1) is 15.5. The maximum Gasteiger partial charge on any atom is 0.441 e. The molecule has 2 atom stereocenters. The van der Waals surface area contributed by atoms with Crippen molar-refractivity contribution in [3.63, 3.8) is 0 Å². The zero-order valence-corrected chi connectivity index (χ0v) is 11.4. The number of alkyl halides is 3. The van der Waals surface area contributed by atoms with Crippen molar-refractivity contribution in [2.45, 2.75) is 25.8 Å². The van der Waals surface area contributed by atoms with Gasteiger partial charge in [-0.05, 0) is 30.0 Å². The van der Waals surface area contributed by atoms with E-state index in [4.69, 9.17) is 0 Å². The van der Waals surface area contributed by atoms with Crippen molar-refractivity contribution in [1.29, 1.82) is 0 Å². The number of rotatable bonds is 3. The van der Waals surface area contributed by atoms with Crippen molar-refractivity contribution in [3.8, 4) is 0 Å². The molecule has 0 aromatic carbocycles. The Morgan fingerprint density at radius 1 is 1.33 bits per heavy atom. The van der Waals surface area contributed by atoms with E-state index in [9.17, 15) is 18.0 Å². The summed E-state index contributed by atoms with van der Waals surface area (Å²) in [6, 6.07) is -0.254. The monoisotopic (exact) mass is 284 g/mol. The Morgan fingerprint density at radius 3 is 2.39 bits per heavy atom. The zero-order valence-electron chi connectivity index (χ0n) is 10.6. The van der Waals surface area contributed by atoms with Crippen LogP contribution in [0.4, 0.5) is 18.0 Å². The Labute approximate surface area is 109 Å². The molecule has 106 valence electrons. The minimum Gasteiger partial charge on any atom is -0.337 e. The molecule has 0 bridgehead atoms. The summed E-state index contributed by atoms with van der Waals surface area (Å²) in [6.07, 6.45) is 1.09. The van der Waals surface area contributed by atoms with Gasteiger partial charge in [0, 0.05) is 25.4 Å². The van der Waals surface area contributed by atoms with Crippen molar-refractivity contribution >= 4 is 17.8 Å². The second kappa shape index (κ2) is 6.54. The van der Waals surface area contributed by atoms with Gasteiger partial charge in [-0.15, -0.1) is 0 Å². The molecule has 7 heteroatoms. The molecule has 0 saturated carbocycles. The van der Waals surface area contributed by atoms with Gasteiger partial charge in [0.25, 0.3) is 0 Å². The highest BCUT2D eigenvalue weighted by Crippen LogP contribution is 2.29. The molecule has 1 heterocycles. The van der Waals surface area contributed by atoms with E-state index >= 15 is 0 Å². The summed E-state index contributed by atoms with van der Waals surface area (Å²) >= 11 is -0.110. The maximum atomic E-state index is 11.9. The van der Waals surface area contributed by atoms with E-state index in [0.29, 0.717) is 24.9 Å². The van der Waals surface area contributed by atoms with Crippen LogP contribution in [0.15, 0.2) is 0 Å². The number of nitrogens with one attached hydrogen (secondary N) is 1. The molecule has 0 aliphatic carbocycles. The van der Waals surface area contributed by atoms with Crippen molar-refractivity contribution in [2.24, 2.45) is 11.8 Å². The second-order valence-electron chi connectivity index (χ2n) is 4.88. The lowest BCUT2D eigenvalue weighted by atomic mass is 9.92. The standard InChI is InChI=1S/C11H19F3N2OS/c1-8-5-9(2)7-16(6-8)10(17)15-3-4-18-11(12,13)14/h8-9H,3-7H2,1-2H3,(H,15,17)/t8-,9-/m1/s1. The molecule has 1 saturated heterocycles. The number of hydrogen-bond donors (Lipinski definition) is 1. The van der Waals surface area contributed by atoms with Crippen LogP contribution in [0.2, 0.25) is 0 Å². The number of thioether (sulfide) groups is 1. The fraction of sp³-hybridized carbons (Fsp3) is 0.909. The molecule has 0 spiro atoms. The van der Waals surface area contributed by atoms with E-state index in [-0.39, 0.29) is 30.1 Å². The molecule has 1 aliphatic heterocycles. The minimum atomic E-state index is -4.22. The van der Waals surface area contributed by atoms with Crippen molar-refractivity contribution < 1.29 is 18.0 Å². The van der Waals surface area contributed by atoms with Gasteiger partial charge in [0.1, 0.15) is 0 Å². The topological polar surface area (TPSA) is 32.3 Å². The molecule has 0 unspecified atom stereocenters. The Hall–Kier alpha value is -0.590. The highest BCUT2D eigenvalue weighted by Gasteiger charge is 2.28. The van der Waals surface area contributed by atoms with Gasteiger partial charge in [-0.1, -0.05) is 13.8 Å². The summed E-state index contributed by atoms with van der Waals surface area (Å²) in [7, 11) is 0. The SMILES string of the molecule is C[C@@H]1C[C@@H](C)CN(C(=O)NCCSC(F)(F)F)C1. The number of hydrogen-bond acceptors (Lipinski definition) is 2. The number of amides is 2. The number of urea groups is 1. The highest BCUT2D eigenvalue weighted by molar-refractivity contribution is 8.00. The quantitative estimate of drug-likeness (QED) is 0.808. The van der Waals surface area contributed by atoms with Gasteiger partial charge < -0.3 is 10.2 Å². The fourth-order valence-electron chi connectivity index (χ4n) is 2.27. The summed E-state index contributed by atoms with van der Waals surface area (Å²) in [6.45, 7) is 5.57. The molecule has 1 aliphatic rings. The lowest BCUT2D eigenvalue weighted by Crippen LogP contribution is -2.47. The van der Waals surface area contributed by atoms with Crippen LogP contribution in [0.3, 0.4) is 0 Å². The second-order valence-corrected chi connectivity index (χ2v) is 6.04. The number of piperidine rings is 1. The zero-order chi connectivity index (χ0) is 13.8. The fourth-order valence-corrected chi connectivity index (χ4v) is 2.70. The molecule has 2 amide bonds. The van der Waals surface area contributed by atoms with E-state index in [2.05, 4.69) is 19.2 Å². The molecule has 3 nitrogen and oxygen atoms in total. The lowest BCUT2D eigenvalue weighted by Gasteiger charge is -2.34. The van der Waals surface area contributed by atoms with E-state index < -0.39 is 5.51 Å². The number of carbonyl (C=O) groups is 1. The molecule has 0 radical (unpaired) electrons. The molecular weight excluding hydrogens is 265 g/mol. The highest BCUT2D eigenvalue weighted by atomic mass is 32.2. The Bertz CT molecular complexity index is 276.